The summed E-state index contributed by atoms with van der Waals surface area (Å²) in [4.78, 5) is 10.8. The van der Waals surface area contributed by atoms with Crippen LogP contribution in [0.25, 0.3) is 0 Å². The molecule has 0 aliphatic heterocycles. The Bertz CT molecular complexity index is 105. The smallest absolute Gasteiger partial charge is 0.308 e. The van der Waals surface area contributed by atoms with Gasteiger partial charge in [-0.1, -0.05) is 40.5 Å². The summed E-state index contributed by atoms with van der Waals surface area (Å²) in [5.74, 6) is 0.197. The van der Waals surface area contributed by atoms with Crippen molar-refractivity contribution in [2.45, 2.75) is 53.4 Å². The molecule has 0 spiro atoms. The third-order valence-electron chi connectivity index (χ3n) is 1.89. The Morgan fingerprint density at radius 2 is 1.46 bits per heavy atom. The SMILES string of the molecule is CC.CC.COC(=O)C1CCCC1. The molecule has 80 valence electrons. The first-order valence-corrected chi connectivity index (χ1v) is 5.42. The highest BCUT2D eigenvalue weighted by molar-refractivity contribution is 5.72. The number of carbonyl (C=O) groups is 1. The number of esters is 1. The van der Waals surface area contributed by atoms with Crippen LogP contribution in [0.4, 0.5) is 0 Å². The van der Waals surface area contributed by atoms with Crippen LogP contribution in [0.5, 0.6) is 0 Å². The van der Waals surface area contributed by atoms with E-state index in [4.69, 9.17) is 0 Å². The van der Waals surface area contributed by atoms with Crippen molar-refractivity contribution in [1.82, 2.24) is 0 Å². The Hall–Kier alpha value is -0.530. The van der Waals surface area contributed by atoms with Gasteiger partial charge in [0, 0.05) is 0 Å². The predicted octanol–water partition coefficient (Wildman–Crippen LogP) is 3.40. The van der Waals surface area contributed by atoms with Crippen LogP contribution in [0.2, 0.25) is 0 Å². The van der Waals surface area contributed by atoms with Crippen LogP contribution in [-0.2, 0) is 9.53 Å². The van der Waals surface area contributed by atoms with Gasteiger partial charge in [0.25, 0.3) is 0 Å². The molecule has 0 atom stereocenters. The van der Waals surface area contributed by atoms with E-state index in [-0.39, 0.29) is 11.9 Å². The van der Waals surface area contributed by atoms with E-state index in [0.29, 0.717) is 0 Å². The van der Waals surface area contributed by atoms with Gasteiger partial charge in [0.05, 0.1) is 13.0 Å². The predicted molar refractivity (Wildman–Crippen MR) is 56.7 cm³/mol. The van der Waals surface area contributed by atoms with Crippen LogP contribution in [0.3, 0.4) is 0 Å². The first kappa shape index (κ1) is 15.0. The molecular formula is C11H24O2. The molecule has 1 aliphatic carbocycles. The fourth-order valence-corrected chi connectivity index (χ4v) is 1.33. The monoisotopic (exact) mass is 188 g/mol. The first-order valence-electron chi connectivity index (χ1n) is 5.42. The second-order valence-corrected chi connectivity index (χ2v) is 2.50. The van der Waals surface area contributed by atoms with E-state index in [1.54, 1.807) is 0 Å². The van der Waals surface area contributed by atoms with Gasteiger partial charge >= 0.3 is 5.97 Å². The van der Waals surface area contributed by atoms with E-state index >= 15 is 0 Å². The number of methoxy groups -OCH3 is 1. The highest BCUT2D eigenvalue weighted by Gasteiger charge is 2.22. The standard InChI is InChI=1S/C7H12O2.2C2H6/c1-9-7(8)6-4-2-3-5-6;2*1-2/h6H,2-5H2,1H3;2*1-2H3. The van der Waals surface area contributed by atoms with Crippen molar-refractivity contribution in [1.29, 1.82) is 0 Å². The fraction of sp³-hybridized carbons (Fsp3) is 0.909. The maximum absolute atomic E-state index is 10.8. The first-order chi connectivity index (χ1) is 6.34. The minimum Gasteiger partial charge on any atom is -0.469 e. The van der Waals surface area contributed by atoms with E-state index in [0.717, 1.165) is 12.8 Å². The molecule has 0 bridgehead atoms. The largest absolute Gasteiger partial charge is 0.469 e. The molecule has 0 amide bonds. The van der Waals surface area contributed by atoms with Crippen molar-refractivity contribution >= 4 is 5.97 Å². The minimum absolute atomic E-state index is 0.0208. The summed E-state index contributed by atoms with van der Waals surface area (Å²) in [6.45, 7) is 8.00. The van der Waals surface area contributed by atoms with E-state index in [1.165, 1.54) is 20.0 Å². The van der Waals surface area contributed by atoms with Crippen molar-refractivity contribution in [3.05, 3.63) is 0 Å². The summed E-state index contributed by atoms with van der Waals surface area (Å²) in [6.07, 6.45) is 4.46. The Kier molecular flexibility index (Phi) is 13.2. The van der Waals surface area contributed by atoms with Gasteiger partial charge in [-0.3, -0.25) is 4.79 Å². The molecular weight excluding hydrogens is 164 g/mol. The Morgan fingerprint density at radius 1 is 1.08 bits per heavy atom. The molecule has 1 saturated carbocycles. The van der Waals surface area contributed by atoms with Crippen LogP contribution in [0, 0.1) is 5.92 Å². The van der Waals surface area contributed by atoms with Crippen LogP contribution in [0.1, 0.15) is 53.4 Å². The average molecular weight is 188 g/mol. The molecule has 1 rings (SSSR count). The lowest BCUT2D eigenvalue weighted by molar-refractivity contribution is -0.145. The average Bonchev–Trinajstić information content (AvgIpc) is 2.76. The van der Waals surface area contributed by atoms with E-state index in [1.807, 2.05) is 27.7 Å². The molecule has 2 nitrogen and oxygen atoms in total. The maximum Gasteiger partial charge on any atom is 0.308 e. The van der Waals surface area contributed by atoms with Gasteiger partial charge in [-0.05, 0) is 12.8 Å². The van der Waals surface area contributed by atoms with Gasteiger partial charge in [0.2, 0.25) is 0 Å². The van der Waals surface area contributed by atoms with E-state index in [2.05, 4.69) is 4.74 Å². The number of hydrogen-bond acceptors (Lipinski definition) is 2. The lowest BCUT2D eigenvalue weighted by atomic mass is 10.1. The Balaban J connectivity index is 0. The van der Waals surface area contributed by atoms with Crippen LogP contribution in [-0.4, -0.2) is 13.1 Å². The van der Waals surface area contributed by atoms with Crippen molar-refractivity contribution in [2.75, 3.05) is 7.11 Å². The minimum atomic E-state index is -0.0208. The second kappa shape index (κ2) is 11.5. The number of hydrogen-bond donors (Lipinski definition) is 0. The van der Waals surface area contributed by atoms with Crippen molar-refractivity contribution in [3.8, 4) is 0 Å². The van der Waals surface area contributed by atoms with Gasteiger partial charge in [0.15, 0.2) is 0 Å². The van der Waals surface area contributed by atoms with E-state index < -0.39 is 0 Å². The lowest BCUT2D eigenvalue weighted by Crippen LogP contribution is -2.11. The van der Waals surface area contributed by atoms with Crippen molar-refractivity contribution in [2.24, 2.45) is 5.92 Å². The van der Waals surface area contributed by atoms with Gasteiger partial charge in [-0.2, -0.15) is 0 Å². The molecule has 0 unspecified atom stereocenters. The molecule has 0 saturated heterocycles. The number of rotatable bonds is 1. The summed E-state index contributed by atoms with van der Waals surface area (Å²) in [7, 11) is 1.46. The number of ether oxygens (including phenoxy) is 1. The van der Waals surface area contributed by atoms with Crippen molar-refractivity contribution in [3.63, 3.8) is 0 Å². The second-order valence-electron chi connectivity index (χ2n) is 2.50. The van der Waals surface area contributed by atoms with Gasteiger partial charge in [-0.15, -0.1) is 0 Å². The summed E-state index contributed by atoms with van der Waals surface area (Å²) >= 11 is 0. The van der Waals surface area contributed by atoms with Gasteiger partial charge in [0.1, 0.15) is 0 Å². The Morgan fingerprint density at radius 3 is 1.77 bits per heavy atom. The molecule has 2 heteroatoms. The third-order valence-corrected chi connectivity index (χ3v) is 1.89. The van der Waals surface area contributed by atoms with Crippen LogP contribution < -0.4 is 0 Å². The quantitative estimate of drug-likeness (QED) is 0.589. The zero-order valence-electron chi connectivity index (χ0n) is 9.72. The summed E-state index contributed by atoms with van der Waals surface area (Å²) < 4.78 is 4.60. The van der Waals surface area contributed by atoms with Gasteiger partial charge in [-0.25, -0.2) is 0 Å². The normalized spacial score (nSPS) is 14.8. The topological polar surface area (TPSA) is 26.3 Å². The zero-order valence-corrected chi connectivity index (χ0v) is 9.72. The summed E-state index contributed by atoms with van der Waals surface area (Å²) in [6, 6.07) is 0. The Labute approximate surface area is 82.7 Å². The van der Waals surface area contributed by atoms with E-state index in [9.17, 15) is 4.79 Å². The number of carbonyl (C=O) groups excluding carboxylic acids is 1. The molecule has 0 radical (unpaired) electrons. The molecule has 1 aliphatic rings. The third kappa shape index (κ3) is 6.62. The molecule has 13 heavy (non-hydrogen) atoms. The molecule has 0 heterocycles. The van der Waals surface area contributed by atoms with Crippen molar-refractivity contribution < 1.29 is 9.53 Å². The van der Waals surface area contributed by atoms with Crippen LogP contribution >= 0.6 is 0 Å². The lowest BCUT2D eigenvalue weighted by Gasteiger charge is -2.03. The molecule has 0 aromatic carbocycles. The highest BCUT2D eigenvalue weighted by Crippen LogP contribution is 2.25. The summed E-state index contributed by atoms with van der Waals surface area (Å²) in [5, 5.41) is 0. The van der Waals surface area contributed by atoms with Crippen LogP contribution in [0.15, 0.2) is 0 Å². The molecule has 0 aromatic heterocycles. The molecule has 0 N–H and O–H groups in total. The zero-order chi connectivity index (χ0) is 10.7. The van der Waals surface area contributed by atoms with Gasteiger partial charge < -0.3 is 4.74 Å². The maximum atomic E-state index is 10.8. The summed E-state index contributed by atoms with van der Waals surface area (Å²) in [5.41, 5.74) is 0. The fourth-order valence-electron chi connectivity index (χ4n) is 1.33. The highest BCUT2D eigenvalue weighted by atomic mass is 16.5. The molecule has 1 fully saturated rings. The molecule has 0 aromatic rings.